The van der Waals surface area contributed by atoms with Gasteiger partial charge < -0.3 is 16.0 Å². The van der Waals surface area contributed by atoms with Crippen molar-refractivity contribution in [3.63, 3.8) is 0 Å². The van der Waals surface area contributed by atoms with Gasteiger partial charge in [-0.3, -0.25) is 9.59 Å². The number of nitrogens with two attached hydrogens (primary N) is 1. The summed E-state index contributed by atoms with van der Waals surface area (Å²) in [5, 5.41) is 2.90. The van der Waals surface area contributed by atoms with Gasteiger partial charge in [-0.25, -0.2) is 0 Å². The van der Waals surface area contributed by atoms with E-state index >= 15 is 0 Å². The molecule has 21 heavy (non-hydrogen) atoms. The summed E-state index contributed by atoms with van der Waals surface area (Å²) in [6.45, 7) is 1.91. The lowest BCUT2D eigenvalue weighted by Gasteiger charge is -2.27. The topological polar surface area (TPSA) is 75.4 Å². The van der Waals surface area contributed by atoms with E-state index in [0.717, 1.165) is 19.3 Å². The molecule has 0 radical (unpaired) electrons. The molecule has 2 unspecified atom stereocenters. The Bertz CT molecular complexity index is 556. The Morgan fingerprint density at radius 1 is 1.38 bits per heavy atom. The highest BCUT2D eigenvalue weighted by Crippen LogP contribution is 2.37. The molecule has 1 saturated carbocycles. The minimum atomic E-state index is -0.526. The molecule has 1 aromatic carbocycles. The number of amides is 2. The van der Waals surface area contributed by atoms with Crippen LogP contribution in [0.2, 0.25) is 0 Å². The number of carbonyl (C=O) groups excluding carboxylic acids is 2. The van der Waals surface area contributed by atoms with E-state index in [1.165, 1.54) is 4.90 Å². The smallest absolute Gasteiger partial charge is 0.253 e. The fourth-order valence-electron chi connectivity index (χ4n) is 2.74. The first kappa shape index (κ1) is 15.5. The van der Waals surface area contributed by atoms with Crippen LogP contribution in [0.1, 0.15) is 36.5 Å². The maximum Gasteiger partial charge on any atom is 0.253 e. The van der Waals surface area contributed by atoms with E-state index in [9.17, 15) is 9.59 Å². The van der Waals surface area contributed by atoms with Gasteiger partial charge in [0.1, 0.15) is 0 Å². The van der Waals surface area contributed by atoms with E-state index in [-0.39, 0.29) is 17.9 Å². The lowest BCUT2D eigenvalue weighted by atomic mass is 9.84. The Kier molecular flexibility index (Phi) is 4.32. The lowest BCUT2D eigenvalue weighted by molar-refractivity contribution is -0.125. The molecule has 1 aliphatic rings. The number of carbonyl (C=O) groups is 2. The van der Waals surface area contributed by atoms with Crippen LogP contribution in [-0.2, 0) is 4.79 Å². The molecular weight excluding hydrogens is 266 g/mol. The predicted molar refractivity (Wildman–Crippen MR) is 83.0 cm³/mol. The fraction of sp³-hybridized carbons (Fsp3) is 0.500. The van der Waals surface area contributed by atoms with Crippen LogP contribution in [0.4, 0.5) is 5.69 Å². The van der Waals surface area contributed by atoms with Gasteiger partial charge >= 0.3 is 0 Å². The normalized spacial score (nSPS) is 24.7. The molecule has 3 N–H and O–H groups in total. The molecule has 0 heterocycles. The number of hydrogen-bond acceptors (Lipinski definition) is 3. The summed E-state index contributed by atoms with van der Waals surface area (Å²) < 4.78 is 0. The molecule has 2 amide bonds. The second-order valence-corrected chi connectivity index (χ2v) is 6.15. The van der Waals surface area contributed by atoms with Gasteiger partial charge in [0.15, 0.2) is 0 Å². The van der Waals surface area contributed by atoms with Gasteiger partial charge in [0.25, 0.3) is 5.91 Å². The lowest BCUT2D eigenvalue weighted by Crippen LogP contribution is -2.44. The van der Waals surface area contributed by atoms with Gasteiger partial charge in [-0.05, 0) is 38.0 Å². The number of anilines is 1. The minimum Gasteiger partial charge on any atom is -0.345 e. The third-order valence-electron chi connectivity index (χ3n) is 4.32. The van der Waals surface area contributed by atoms with Crippen molar-refractivity contribution in [3.05, 3.63) is 29.8 Å². The van der Waals surface area contributed by atoms with Gasteiger partial charge in [-0.2, -0.15) is 0 Å². The third kappa shape index (κ3) is 3.08. The molecule has 0 bridgehead atoms. The molecular formula is C16H23N3O2. The molecule has 0 aromatic heterocycles. The molecule has 1 fully saturated rings. The number of nitrogens with zero attached hydrogens (tertiary/aromatic N) is 1. The molecule has 5 nitrogen and oxygen atoms in total. The highest BCUT2D eigenvalue weighted by Gasteiger charge is 2.42. The van der Waals surface area contributed by atoms with Crippen molar-refractivity contribution < 1.29 is 9.59 Å². The van der Waals surface area contributed by atoms with Gasteiger partial charge in [-0.1, -0.05) is 12.5 Å². The van der Waals surface area contributed by atoms with Gasteiger partial charge in [0.2, 0.25) is 5.91 Å². The van der Waals surface area contributed by atoms with Crippen molar-refractivity contribution in [1.82, 2.24) is 4.90 Å². The van der Waals surface area contributed by atoms with Crippen LogP contribution in [0.5, 0.6) is 0 Å². The fourth-order valence-corrected chi connectivity index (χ4v) is 2.74. The Hall–Kier alpha value is -1.88. The first-order chi connectivity index (χ1) is 9.84. The first-order valence-corrected chi connectivity index (χ1v) is 7.23. The summed E-state index contributed by atoms with van der Waals surface area (Å²) in [6, 6.07) is 6.88. The molecule has 0 aliphatic heterocycles. The van der Waals surface area contributed by atoms with Crippen molar-refractivity contribution in [3.8, 4) is 0 Å². The van der Waals surface area contributed by atoms with Crippen LogP contribution in [-0.4, -0.2) is 36.9 Å². The standard InChI is InChI=1S/C16H23N3O2/c1-16(9-5-8-13(16)17)15(21)18-12-7-4-6-11(10-12)14(20)19(2)3/h4,6-7,10,13H,5,8-9,17H2,1-3H3,(H,18,21). The van der Waals surface area contributed by atoms with Crippen LogP contribution < -0.4 is 11.1 Å². The van der Waals surface area contributed by atoms with Gasteiger partial charge in [0.05, 0.1) is 5.41 Å². The molecule has 0 spiro atoms. The molecule has 2 rings (SSSR count). The molecule has 1 aliphatic carbocycles. The van der Waals surface area contributed by atoms with Crippen molar-refractivity contribution >= 4 is 17.5 Å². The SMILES string of the molecule is CN(C)C(=O)c1cccc(NC(=O)C2(C)CCCC2N)c1. The Morgan fingerprint density at radius 3 is 2.67 bits per heavy atom. The van der Waals surface area contributed by atoms with Crippen LogP contribution in [0, 0.1) is 5.41 Å². The van der Waals surface area contributed by atoms with Crippen LogP contribution in [0.15, 0.2) is 24.3 Å². The van der Waals surface area contributed by atoms with E-state index in [2.05, 4.69) is 5.32 Å². The van der Waals surface area contributed by atoms with E-state index < -0.39 is 5.41 Å². The van der Waals surface area contributed by atoms with Crippen molar-refractivity contribution in [1.29, 1.82) is 0 Å². The van der Waals surface area contributed by atoms with Crippen LogP contribution in [0.25, 0.3) is 0 Å². The first-order valence-electron chi connectivity index (χ1n) is 7.23. The predicted octanol–water partition coefficient (Wildman–Crippen LogP) is 1.84. The second-order valence-electron chi connectivity index (χ2n) is 6.15. The van der Waals surface area contributed by atoms with E-state index in [4.69, 9.17) is 5.73 Å². The largest absolute Gasteiger partial charge is 0.345 e. The highest BCUT2D eigenvalue weighted by molar-refractivity contribution is 5.98. The van der Waals surface area contributed by atoms with E-state index in [1.54, 1.807) is 38.4 Å². The van der Waals surface area contributed by atoms with E-state index in [1.807, 2.05) is 6.92 Å². The van der Waals surface area contributed by atoms with Gasteiger partial charge in [-0.15, -0.1) is 0 Å². The number of rotatable bonds is 3. The molecule has 1 aromatic rings. The average Bonchev–Trinajstić information content (AvgIpc) is 2.79. The maximum atomic E-state index is 12.5. The number of nitrogens with one attached hydrogen (secondary N) is 1. The number of hydrogen-bond donors (Lipinski definition) is 2. The highest BCUT2D eigenvalue weighted by atomic mass is 16.2. The zero-order valence-corrected chi connectivity index (χ0v) is 12.8. The Balaban J connectivity index is 2.15. The summed E-state index contributed by atoms with van der Waals surface area (Å²) in [5.41, 5.74) is 6.72. The minimum absolute atomic E-state index is 0.0676. The van der Waals surface area contributed by atoms with Crippen molar-refractivity contribution in [2.75, 3.05) is 19.4 Å². The summed E-state index contributed by atoms with van der Waals surface area (Å²) in [4.78, 5) is 25.9. The van der Waals surface area contributed by atoms with Gasteiger partial charge in [0, 0.05) is 31.4 Å². The second kappa shape index (κ2) is 5.85. The summed E-state index contributed by atoms with van der Waals surface area (Å²) in [6.07, 6.45) is 2.66. The average molecular weight is 289 g/mol. The van der Waals surface area contributed by atoms with Crippen molar-refractivity contribution in [2.45, 2.75) is 32.2 Å². The number of benzene rings is 1. The molecule has 114 valence electrons. The third-order valence-corrected chi connectivity index (χ3v) is 4.32. The summed E-state index contributed by atoms with van der Waals surface area (Å²) in [5.74, 6) is -0.156. The molecule has 5 heteroatoms. The Labute approximate surface area is 125 Å². The molecule has 2 atom stereocenters. The summed E-state index contributed by atoms with van der Waals surface area (Å²) in [7, 11) is 3.40. The zero-order valence-electron chi connectivity index (χ0n) is 12.8. The monoisotopic (exact) mass is 289 g/mol. The summed E-state index contributed by atoms with van der Waals surface area (Å²) >= 11 is 0. The van der Waals surface area contributed by atoms with E-state index in [0.29, 0.717) is 11.3 Å². The van der Waals surface area contributed by atoms with Crippen LogP contribution >= 0.6 is 0 Å². The van der Waals surface area contributed by atoms with Crippen LogP contribution in [0.3, 0.4) is 0 Å². The Morgan fingerprint density at radius 2 is 2.10 bits per heavy atom. The quantitative estimate of drug-likeness (QED) is 0.891. The molecule has 0 saturated heterocycles. The van der Waals surface area contributed by atoms with Crippen molar-refractivity contribution in [2.24, 2.45) is 11.1 Å². The maximum absolute atomic E-state index is 12.5. The zero-order chi connectivity index (χ0) is 15.6.